The van der Waals surface area contributed by atoms with E-state index in [0.29, 0.717) is 6.54 Å². The average Bonchev–Trinajstić information content (AvgIpc) is 2.30. The van der Waals surface area contributed by atoms with E-state index in [4.69, 9.17) is 0 Å². The Morgan fingerprint density at radius 1 is 1.28 bits per heavy atom. The predicted molar refractivity (Wildman–Crippen MR) is 70.6 cm³/mol. The van der Waals surface area contributed by atoms with Crippen LogP contribution < -0.4 is 16.6 Å². The zero-order valence-corrected chi connectivity index (χ0v) is 11.1. The monoisotopic (exact) mass is 251 g/mol. The molecule has 100 valence electrons. The highest BCUT2D eigenvalue weighted by Crippen LogP contribution is 2.28. The number of hydrogen-bond acceptors (Lipinski definition) is 3. The van der Waals surface area contributed by atoms with E-state index in [1.165, 1.54) is 43.4 Å². The molecule has 1 aliphatic rings. The topological polar surface area (TPSA) is 56.0 Å². The first-order valence-corrected chi connectivity index (χ1v) is 6.56. The van der Waals surface area contributed by atoms with Crippen molar-refractivity contribution in [2.75, 3.05) is 6.54 Å². The molecule has 1 heterocycles. The van der Waals surface area contributed by atoms with Gasteiger partial charge in [0.25, 0.3) is 5.56 Å². The molecule has 0 aliphatic heterocycles. The van der Waals surface area contributed by atoms with Crippen molar-refractivity contribution >= 4 is 0 Å². The molecule has 2 rings (SSSR count). The van der Waals surface area contributed by atoms with E-state index in [1.807, 2.05) is 0 Å². The predicted octanol–water partition coefficient (Wildman–Crippen LogP) is 0.364. The van der Waals surface area contributed by atoms with Crippen LogP contribution in [-0.4, -0.2) is 15.7 Å². The van der Waals surface area contributed by atoms with Gasteiger partial charge >= 0.3 is 5.69 Å². The molecule has 0 amide bonds. The van der Waals surface area contributed by atoms with Crippen molar-refractivity contribution in [1.82, 2.24) is 14.5 Å². The molecular weight excluding hydrogens is 230 g/mol. The molecule has 1 aromatic heterocycles. The SMILES string of the molecule is Cn1c(CNCCC2CCC2)cc(=O)n(C)c1=O. The summed E-state index contributed by atoms with van der Waals surface area (Å²) in [6.07, 6.45) is 5.27. The molecule has 1 saturated carbocycles. The van der Waals surface area contributed by atoms with Gasteiger partial charge in [0.1, 0.15) is 0 Å². The first-order chi connectivity index (χ1) is 8.59. The van der Waals surface area contributed by atoms with Gasteiger partial charge in [0.05, 0.1) is 0 Å². The van der Waals surface area contributed by atoms with E-state index in [0.717, 1.165) is 22.7 Å². The highest BCUT2D eigenvalue weighted by atomic mass is 16.2. The molecule has 0 saturated heterocycles. The summed E-state index contributed by atoms with van der Waals surface area (Å²) in [5, 5.41) is 3.31. The van der Waals surface area contributed by atoms with Crippen LogP contribution in [0, 0.1) is 5.92 Å². The van der Waals surface area contributed by atoms with Gasteiger partial charge < -0.3 is 5.32 Å². The molecule has 0 spiro atoms. The minimum Gasteiger partial charge on any atom is -0.311 e. The Balaban J connectivity index is 1.92. The van der Waals surface area contributed by atoms with Gasteiger partial charge in [0.15, 0.2) is 0 Å². The van der Waals surface area contributed by atoms with E-state index in [2.05, 4.69) is 5.32 Å². The summed E-state index contributed by atoms with van der Waals surface area (Å²) >= 11 is 0. The molecule has 18 heavy (non-hydrogen) atoms. The van der Waals surface area contributed by atoms with Crippen LogP contribution in [0.4, 0.5) is 0 Å². The fourth-order valence-corrected chi connectivity index (χ4v) is 2.25. The number of rotatable bonds is 5. The van der Waals surface area contributed by atoms with Crippen molar-refractivity contribution in [3.05, 3.63) is 32.6 Å². The van der Waals surface area contributed by atoms with Gasteiger partial charge in [0, 0.05) is 32.4 Å². The van der Waals surface area contributed by atoms with Gasteiger partial charge in [-0.2, -0.15) is 0 Å². The number of aromatic nitrogens is 2. The number of hydrogen-bond donors (Lipinski definition) is 1. The highest BCUT2D eigenvalue weighted by Gasteiger charge is 2.16. The molecule has 1 fully saturated rings. The van der Waals surface area contributed by atoms with Crippen LogP contribution in [0.3, 0.4) is 0 Å². The molecule has 0 radical (unpaired) electrons. The standard InChI is InChI=1S/C13H21N3O2/c1-15-11(8-12(17)16(2)13(15)18)9-14-7-6-10-4-3-5-10/h8,10,14H,3-7,9H2,1-2H3. The zero-order chi connectivity index (χ0) is 13.1. The van der Waals surface area contributed by atoms with Gasteiger partial charge in [-0.05, 0) is 18.9 Å². The Morgan fingerprint density at radius 2 is 2.00 bits per heavy atom. The fraction of sp³-hybridized carbons (Fsp3) is 0.692. The van der Waals surface area contributed by atoms with Crippen molar-refractivity contribution in [1.29, 1.82) is 0 Å². The summed E-state index contributed by atoms with van der Waals surface area (Å²) in [5.74, 6) is 0.880. The van der Waals surface area contributed by atoms with Crippen LogP contribution in [-0.2, 0) is 20.6 Å². The summed E-state index contributed by atoms with van der Waals surface area (Å²) in [7, 11) is 3.20. The Hall–Kier alpha value is -1.36. The highest BCUT2D eigenvalue weighted by molar-refractivity contribution is 5.01. The van der Waals surface area contributed by atoms with Crippen molar-refractivity contribution < 1.29 is 0 Å². The molecule has 0 unspecified atom stereocenters. The maximum atomic E-state index is 11.7. The summed E-state index contributed by atoms with van der Waals surface area (Å²) in [5.41, 5.74) is 0.240. The van der Waals surface area contributed by atoms with Crippen molar-refractivity contribution in [3.8, 4) is 0 Å². The number of nitrogens with one attached hydrogen (secondary N) is 1. The lowest BCUT2D eigenvalue weighted by Crippen LogP contribution is -2.39. The molecule has 0 aromatic carbocycles. The van der Waals surface area contributed by atoms with Crippen LogP contribution >= 0.6 is 0 Å². The molecular formula is C13H21N3O2. The largest absolute Gasteiger partial charge is 0.330 e. The van der Waals surface area contributed by atoms with E-state index < -0.39 is 0 Å². The smallest absolute Gasteiger partial charge is 0.311 e. The molecule has 5 heteroatoms. The summed E-state index contributed by atoms with van der Waals surface area (Å²) in [4.78, 5) is 23.2. The minimum atomic E-state index is -0.265. The molecule has 0 atom stereocenters. The molecule has 1 aliphatic carbocycles. The Labute approximate surface area is 106 Å². The maximum Gasteiger partial charge on any atom is 0.330 e. The van der Waals surface area contributed by atoms with E-state index >= 15 is 0 Å². The van der Waals surface area contributed by atoms with Gasteiger partial charge in [-0.3, -0.25) is 13.9 Å². The second-order valence-corrected chi connectivity index (χ2v) is 5.14. The zero-order valence-electron chi connectivity index (χ0n) is 11.1. The fourth-order valence-electron chi connectivity index (χ4n) is 2.25. The second-order valence-electron chi connectivity index (χ2n) is 5.14. The molecule has 0 bridgehead atoms. The lowest BCUT2D eigenvalue weighted by atomic mass is 9.83. The summed E-state index contributed by atoms with van der Waals surface area (Å²) in [6, 6.07) is 1.53. The van der Waals surface area contributed by atoms with Gasteiger partial charge in [-0.1, -0.05) is 19.3 Å². The maximum absolute atomic E-state index is 11.7. The van der Waals surface area contributed by atoms with Crippen LogP contribution in [0.5, 0.6) is 0 Å². The molecule has 1 aromatic rings. The Morgan fingerprint density at radius 3 is 2.61 bits per heavy atom. The van der Waals surface area contributed by atoms with Gasteiger partial charge in [0.2, 0.25) is 0 Å². The quantitative estimate of drug-likeness (QED) is 0.769. The summed E-state index contributed by atoms with van der Waals surface area (Å²) in [6.45, 7) is 1.53. The van der Waals surface area contributed by atoms with Crippen LogP contribution in [0.1, 0.15) is 31.4 Å². The van der Waals surface area contributed by atoms with Crippen molar-refractivity contribution in [3.63, 3.8) is 0 Å². The number of nitrogens with zero attached hydrogens (tertiary/aromatic N) is 2. The Kier molecular flexibility index (Phi) is 4.01. The van der Waals surface area contributed by atoms with Gasteiger partial charge in [-0.25, -0.2) is 4.79 Å². The third-order valence-corrected chi connectivity index (χ3v) is 3.89. The summed E-state index contributed by atoms with van der Waals surface area (Å²) < 4.78 is 2.65. The van der Waals surface area contributed by atoms with E-state index in [-0.39, 0.29) is 11.2 Å². The van der Waals surface area contributed by atoms with E-state index in [9.17, 15) is 9.59 Å². The normalized spacial score (nSPS) is 15.7. The van der Waals surface area contributed by atoms with Crippen molar-refractivity contribution in [2.45, 2.75) is 32.2 Å². The first-order valence-electron chi connectivity index (χ1n) is 6.56. The first kappa shape index (κ1) is 13.1. The second kappa shape index (κ2) is 5.52. The minimum absolute atomic E-state index is 0.242. The Bertz CT molecular complexity index is 526. The lowest BCUT2D eigenvalue weighted by molar-refractivity contribution is 0.291. The molecule has 5 nitrogen and oxygen atoms in total. The third-order valence-electron chi connectivity index (χ3n) is 3.89. The van der Waals surface area contributed by atoms with Crippen LogP contribution in [0.25, 0.3) is 0 Å². The van der Waals surface area contributed by atoms with Crippen LogP contribution in [0.2, 0.25) is 0 Å². The van der Waals surface area contributed by atoms with Crippen molar-refractivity contribution in [2.24, 2.45) is 20.0 Å². The average molecular weight is 251 g/mol. The third kappa shape index (κ3) is 2.72. The van der Waals surface area contributed by atoms with E-state index in [1.54, 1.807) is 7.05 Å². The van der Waals surface area contributed by atoms with Gasteiger partial charge in [-0.15, -0.1) is 0 Å². The lowest BCUT2D eigenvalue weighted by Gasteiger charge is -2.25. The molecule has 1 N–H and O–H groups in total. The van der Waals surface area contributed by atoms with Crippen LogP contribution in [0.15, 0.2) is 15.7 Å².